The molecule has 5 rings (SSSR count). The van der Waals surface area contributed by atoms with Crippen molar-refractivity contribution >= 4 is 17.3 Å². The summed E-state index contributed by atoms with van der Waals surface area (Å²) in [5, 5.41) is 13.6. The number of alkyl halides is 3. The molecule has 0 N–H and O–H groups in total. The van der Waals surface area contributed by atoms with Crippen molar-refractivity contribution in [1.29, 1.82) is 0 Å². The third kappa shape index (κ3) is 5.21. The van der Waals surface area contributed by atoms with Crippen molar-refractivity contribution in [2.45, 2.75) is 31.5 Å². The van der Waals surface area contributed by atoms with Crippen molar-refractivity contribution in [3.63, 3.8) is 0 Å². The van der Waals surface area contributed by atoms with Crippen LogP contribution in [0.15, 0.2) is 42.3 Å². The van der Waals surface area contributed by atoms with Gasteiger partial charge in [0.25, 0.3) is 0 Å². The molecule has 1 fully saturated rings. The van der Waals surface area contributed by atoms with E-state index >= 15 is 0 Å². The summed E-state index contributed by atoms with van der Waals surface area (Å²) in [6, 6.07) is 4.44. The SMILES string of the molecule is Fc1cc(-n2cnnn2)ccc1OCc1csc(C2CCN(c3ncc(C(F)(F)F)cn3)CC2)n1. The number of ether oxygens (including phenoxy) is 1. The Bertz CT molecular complexity index is 1270. The fourth-order valence-electron chi connectivity index (χ4n) is 3.71. The van der Waals surface area contributed by atoms with Gasteiger partial charge >= 0.3 is 6.18 Å². The molecule has 35 heavy (non-hydrogen) atoms. The zero-order chi connectivity index (χ0) is 24.4. The largest absolute Gasteiger partial charge is 0.484 e. The van der Waals surface area contributed by atoms with E-state index < -0.39 is 17.6 Å². The van der Waals surface area contributed by atoms with Crippen LogP contribution in [0.25, 0.3) is 5.69 Å². The summed E-state index contributed by atoms with van der Waals surface area (Å²) in [5.41, 5.74) is 0.309. The van der Waals surface area contributed by atoms with Crippen LogP contribution in [0.2, 0.25) is 0 Å². The number of rotatable bonds is 6. The van der Waals surface area contributed by atoms with Crippen LogP contribution in [0.4, 0.5) is 23.5 Å². The molecular weight excluding hydrogens is 488 g/mol. The normalized spacial score (nSPS) is 14.9. The summed E-state index contributed by atoms with van der Waals surface area (Å²) >= 11 is 1.51. The van der Waals surface area contributed by atoms with Gasteiger partial charge in [-0.3, -0.25) is 0 Å². The first kappa shape index (κ1) is 23.1. The molecule has 182 valence electrons. The highest BCUT2D eigenvalue weighted by atomic mass is 32.1. The van der Waals surface area contributed by atoms with Crippen LogP contribution in [0.1, 0.15) is 35.0 Å². The molecular formula is C21H18F4N8OS. The van der Waals surface area contributed by atoms with Crippen molar-refractivity contribution in [2.24, 2.45) is 0 Å². The van der Waals surface area contributed by atoms with E-state index in [0.717, 1.165) is 30.2 Å². The minimum atomic E-state index is -4.46. The molecule has 0 bridgehead atoms. The lowest BCUT2D eigenvalue weighted by molar-refractivity contribution is -0.138. The second-order valence-electron chi connectivity index (χ2n) is 7.87. The zero-order valence-electron chi connectivity index (χ0n) is 18.1. The standard InChI is InChI=1S/C21H18F4N8OS/c22-17-7-16(33-12-28-30-31-33)1-2-18(17)34-10-15-11-35-19(29-15)13-3-5-32(6-4-13)20-26-8-14(9-27-20)21(23,24)25/h1-2,7-9,11-13H,3-6,10H2. The summed E-state index contributed by atoms with van der Waals surface area (Å²) < 4.78 is 59.5. The Morgan fingerprint density at radius 1 is 1.11 bits per heavy atom. The first-order chi connectivity index (χ1) is 16.9. The van der Waals surface area contributed by atoms with Gasteiger partial charge in [-0.2, -0.15) is 13.2 Å². The molecule has 0 radical (unpaired) electrons. The topological polar surface area (TPSA) is 94.7 Å². The lowest BCUT2D eigenvalue weighted by Gasteiger charge is -2.31. The van der Waals surface area contributed by atoms with Gasteiger partial charge < -0.3 is 9.64 Å². The van der Waals surface area contributed by atoms with Gasteiger partial charge in [0.2, 0.25) is 5.95 Å². The van der Waals surface area contributed by atoms with Crippen molar-refractivity contribution in [3.05, 3.63) is 64.4 Å². The summed E-state index contributed by atoms with van der Waals surface area (Å²) in [4.78, 5) is 14.3. The van der Waals surface area contributed by atoms with Crippen LogP contribution < -0.4 is 9.64 Å². The molecule has 0 spiro atoms. The van der Waals surface area contributed by atoms with E-state index in [4.69, 9.17) is 4.74 Å². The Hall–Kier alpha value is -3.68. The Labute approximate surface area is 200 Å². The molecule has 9 nitrogen and oxygen atoms in total. The van der Waals surface area contributed by atoms with Gasteiger partial charge in [0.1, 0.15) is 12.9 Å². The molecule has 0 aliphatic carbocycles. The Morgan fingerprint density at radius 2 is 1.89 bits per heavy atom. The van der Waals surface area contributed by atoms with Gasteiger partial charge in [-0.15, -0.1) is 16.4 Å². The van der Waals surface area contributed by atoms with Crippen molar-refractivity contribution in [1.82, 2.24) is 35.2 Å². The van der Waals surface area contributed by atoms with E-state index in [1.165, 1.54) is 34.5 Å². The maximum atomic E-state index is 14.4. The monoisotopic (exact) mass is 506 g/mol. The molecule has 14 heteroatoms. The predicted octanol–water partition coefficient (Wildman–Crippen LogP) is 4.03. The molecule has 0 atom stereocenters. The average molecular weight is 506 g/mol. The second-order valence-corrected chi connectivity index (χ2v) is 8.76. The Morgan fingerprint density at radius 3 is 2.54 bits per heavy atom. The highest BCUT2D eigenvalue weighted by molar-refractivity contribution is 7.09. The average Bonchev–Trinajstić information content (AvgIpc) is 3.56. The minimum Gasteiger partial charge on any atom is -0.484 e. The lowest BCUT2D eigenvalue weighted by Crippen LogP contribution is -2.34. The van der Waals surface area contributed by atoms with E-state index in [2.05, 4.69) is 30.5 Å². The first-order valence-corrected chi connectivity index (χ1v) is 11.5. The zero-order valence-corrected chi connectivity index (χ0v) is 18.9. The smallest absolute Gasteiger partial charge is 0.419 e. The van der Waals surface area contributed by atoms with E-state index in [9.17, 15) is 17.6 Å². The fraction of sp³-hybridized carbons (Fsp3) is 0.333. The Balaban J connectivity index is 1.15. The maximum Gasteiger partial charge on any atom is 0.419 e. The van der Waals surface area contributed by atoms with Gasteiger partial charge in [0.15, 0.2) is 11.6 Å². The maximum absolute atomic E-state index is 14.4. The molecule has 0 amide bonds. The third-order valence-corrected chi connectivity index (χ3v) is 6.62. The molecule has 0 unspecified atom stereocenters. The minimum absolute atomic E-state index is 0.0984. The van der Waals surface area contributed by atoms with Crippen LogP contribution in [-0.2, 0) is 12.8 Å². The molecule has 4 heterocycles. The van der Waals surface area contributed by atoms with Crippen molar-refractivity contribution in [3.8, 4) is 11.4 Å². The van der Waals surface area contributed by atoms with Gasteiger partial charge in [0, 0.05) is 42.8 Å². The molecule has 1 aliphatic rings. The summed E-state index contributed by atoms with van der Waals surface area (Å²) in [7, 11) is 0. The summed E-state index contributed by atoms with van der Waals surface area (Å²) in [6.07, 6.45) is 0.0696. The highest BCUT2D eigenvalue weighted by Gasteiger charge is 2.32. The van der Waals surface area contributed by atoms with Gasteiger partial charge in [-0.1, -0.05) is 0 Å². The number of thiazole rings is 1. The highest BCUT2D eigenvalue weighted by Crippen LogP contribution is 2.33. The number of aromatic nitrogens is 7. The van der Waals surface area contributed by atoms with Crippen LogP contribution in [0.5, 0.6) is 5.75 Å². The van der Waals surface area contributed by atoms with Crippen LogP contribution in [0.3, 0.4) is 0 Å². The van der Waals surface area contributed by atoms with E-state index in [0.29, 0.717) is 24.5 Å². The number of hydrogen-bond acceptors (Lipinski definition) is 9. The van der Waals surface area contributed by atoms with Gasteiger partial charge in [-0.25, -0.2) is 24.0 Å². The van der Waals surface area contributed by atoms with E-state index in [1.54, 1.807) is 6.07 Å². The quantitative estimate of drug-likeness (QED) is 0.362. The van der Waals surface area contributed by atoms with Crippen LogP contribution in [0, 0.1) is 5.82 Å². The number of anilines is 1. The van der Waals surface area contributed by atoms with Crippen LogP contribution in [-0.4, -0.2) is 48.2 Å². The van der Waals surface area contributed by atoms with Crippen molar-refractivity contribution < 1.29 is 22.3 Å². The Kier molecular flexibility index (Phi) is 6.28. The second kappa shape index (κ2) is 9.52. The fourth-order valence-corrected chi connectivity index (χ4v) is 4.69. The first-order valence-electron chi connectivity index (χ1n) is 10.6. The molecule has 0 saturated carbocycles. The van der Waals surface area contributed by atoms with E-state index in [1.807, 2.05) is 10.3 Å². The molecule has 1 aliphatic heterocycles. The number of benzene rings is 1. The number of hydrogen-bond donors (Lipinski definition) is 0. The predicted molar refractivity (Wildman–Crippen MR) is 117 cm³/mol. The van der Waals surface area contributed by atoms with Crippen molar-refractivity contribution in [2.75, 3.05) is 18.0 Å². The molecule has 1 saturated heterocycles. The number of tetrazole rings is 1. The summed E-state index contributed by atoms with van der Waals surface area (Å²) in [6.45, 7) is 1.34. The third-order valence-electron chi connectivity index (χ3n) is 5.57. The molecule has 4 aromatic rings. The summed E-state index contributed by atoms with van der Waals surface area (Å²) in [5.74, 6) is 0.0668. The van der Waals surface area contributed by atoms with E-state index in [-0.39, 0.29) is 24.2 Å². The van der Waals surface area contributed by atoms with Gasteiger partial charge in [-0.05, 0) is 35.4 Å². The molecule has 1 aromatic carbocycles. The van der Waals surface area contributed by atoms with Gasteiger partial charge in [0.05, 0.1) is 22.0 Å². The van der Waals surface area contributed by atoms with Crippen LogP contribution >= 0.6 is 11.3 Å². The number of halogens is 4. The number of piperidine rings is 1. The lowest BCUT2D eigenvalue weighted by atomic mass is 9.98. The molecule has 3 aromatic heterocycles. The number of nitrogens with zero attached hydrogens (tertiary/aromatic N) is 8.